The molecule has 10 nitrogen and oxygen atoms in total. The molecule has 0 aliphatic rings. The molecule has 0 saturated carbocycles. The smallest absolute Gasteiger partial charge is 0.333 e. The fourth-order valence-electron chi connectivity index (χ4n) is 3.43. The van der Waals surface area contributed by atoms with Crippen LogP contribution in [0.3, 0.4) is 0 Å². The summed E-state index contributed by atoms with van der Waals surface area (Å²) in [6.45, 7) is -0.576. The highest BCUT2D eigenvalue weighted by molar-refractivity contribution is 5.93. The number of aromatic nitrogens is 4. The van der Waals surface area contributed by atoms with Gasteiger partial charge in [-0.25, -0.2) is 19.2 Å². The number of ether oxygens (including phenoxy) is 2. The van der Waals surface area contributed by atoms with Gasteiger partial charge in [0.05, 0.1) is 26.5 Å². The summed E-state index contributed by atoms with van der Waals surface area (Å²) in [7, 11) is 2.94. The molecule has 0 radical (unpaired) electrons. The van der Waals surface area contributed by atoms with Gasteiger partial charge in [0.25, 0.3) is 5.56 Å². The normalized spacial score (nSPS) is 10.8. The number of nitrogens with one attached hydrogen (secondary N) is 1. The van der Waals surface area contributed by atoms with Crippen LogP contribution in [0.15, 0.2) is 64.4 Å². The van der Waals surface area contributed by atoms with Crippen molar-refractivity contribution in [1.29, 1.82) is 0 Å². The highest BCUT2D eigenvalue weighted by Crippen LogP contribution is 2.28. The fraction of sp³-hybridized carbons (Fsp3) is 0.174. The van der Waals surface area contributed by atoms with Crippen LogP contribution < -0.4 is 26.0 Å². The molecule has 1 amide bonds. The molecule has 2 aromatic heterocycles. The van der Waals surface area contributed by atoms with Crippen molar-refractivity contribution in [3.8, 4) is 11.5 Å². The van der Waals surface area contributed by atoms with Crippen LogP contribution in [-0.2, 0) is 17.9 Å². The molecule has 4 rings (SSSR count). The largest absolute Gasteiger partial charge is 0.497 e. The lowest BCUT2D eigenvalue weighted by molar-refractivity contribution is -0.116. The van der Waals surface area contributed by atoms with Crippen molar-refractivity contribution in [2.45, 2.75) is 13.1 Å². The predicted octanol–water partition coefficient (Wildman–Crippen LogP) is 1.80. The van der Waals surface area contributed by atoms with Crippen molar-refractivity contribution < 1.29 is 18.7 Å². The number of halogens is 1. The van der Waals surface area contributed by atoms with Gasteiger partial charge in [-0.15, -0.1) is 0 Å². The monoisotopic (exact) mass is 465 g/mol. The van der Waals surface area contributed by atoms with Crippen molar-refractivity contribution in [3.63, 3.8) is 0 Å². The van der Waals surface area contributed by atoms with Crippen LogP contribution in [0.2, 0.25) is 0 Å². The fourth-order valence-corrected chi connectivity index (χ4v) is 3.43. The molecular formula is C23H20FN5O5. The van der Waals surface area contributed by atoms with Crippen LogP contribution in [0.5, 0.6) is 11.5 Å². The first-order valence-electron chi connectivity index (χ1n) is 10.1. The lowest BCUT2D eigenvalue weighted by Crippen LogP contribution is -2.42. The van der Waals surface area contributed by atoms with Gasteiger partial charge < -0.3 is 14.8 Å². The molecule has 2 heterocycles. The summed E-state index contributed by atoms with van der Waals surface area (Å²) >= 11 is 0. The average molecular weight is 465 g/mol. The summed E-state index contributed by atoms with van der Waals surface area (Å²) in [4.78, 5) is 47.2. The zero-order chi connectivity index (χ0) is 24.2. The molecule has 174 valence electrons. The van der Waals surface area contributed by atoms with Gasteiger partial charge in [0, 0.05) is 18.5 Å². The van der Waals surface area contributed by atoms with E-state index in [1.807, 2.05) is 0 Å². The van der Waals surface area contributed by atoms with E-state index in [1.54, 1.807) is 18.2 Å². The van der Waals surface area contributed by atoms with Gasteiger partial charge in [0.2, 0.25) is 5.91 Å². The highest BCUT2D eigenvalue weighted by Gasteiger charge is 2.18. The number of hydrogen-bond donors (Lipinski definition) is 1. The van der Waals surface area contributed by atoms with Gasteiger partial charge in [-0.3, -0.25) is 18.7 Å². The highest BCUT2D eigenvalue weighted by atomic mass is 19.1. The summed E-state index contributed by atoms with van der Waals surface area (Å²) in [5.74, 6) is -0.111. The molecule has 1 N–H and O–H groups in total. The number of methoxy groups -OCH3 is 2. The minimum atomic E-state index is -0.755. The van der Waals surface area contributed by atoms with E-state index in [0.717, 1.165) is 9.13 Å². The van der Waals surface area contributed by atoms with Crippen LogP contribution in [0.25, 0.3) is 11.2 Å². The molecule has 34 heavy (non-hydrogen) atoms. The Morgan fingerprint density at radius 3 is 2.44 bits per heavy atom. The lowest BCUT2D eigenvalue weighted by Gasteiger charge is -2.14. The SMILES string of the molecule is COc1ccc(OC)c(NC(=O)Cn2c(=O)n(Cc3ccc(F)cc3)c(=O)c3nccnc32)c1. The van der Waals surface area contributed by atoms with Crippen molar-refractivity contribution in [2.75, 3.05) is 19.5 Å². The molecule has 11 heteroatoms. The molecule has 0 bridgehead atoms. The van der Waals surface area contributed by atoms with Gasteiger partial charge in [-0.1, -0.05) is 12.1 Å². The van der Waals surface area contributed by atoms with Gasteiger partial charge in [0.1, 0.15) is 23.9 Å². The maximum atomic E-state index is 13.3. The van der Waals surface area contributed by atoms with E-state index in [1.165, 1.54) is 50.9 Å². The number of hydrogen-bond acceptors (Lipinski definition) is 7. The number of anilines is 1. The van der Waals surface area contributed by atoms with Crippen LogP contribution in [0.1, 0.15) is 5.56 Å². The quantitative estimate of drug-likeness (QED) is 0.442. The minimum absolute atomic E-state index is 0.0272. The number of carbonyl (C=O) groups is 1. The van der Waals surface area contributed by atoms with Crippen LogP contribution in [0, 0.1) is 5.82 Å². The van der Waals surface area contributed by atoms with E-state index in [4.69, 9.17) is 9.47 Å². The van der Waals surface area contributed by atoms with Gasteiger partial charge in [-0.2, -0.15) is 0 Å². The standard InChI is InChI=1S/C23H20FN5O5/c1-33-16-7-8-18(34-2)17(11-16)27-19(30)13-28-21-20(25-9-10-26-21)22(31)29(23(28)32)12-14-3-5-15(24)6-4-14/h3-11H,12-13H2,1-2H3,(H,27,30). The molecule has 0 unspecified atom stereocenters. The number of amides is 1. The Balaban J connectivity index is 1.74. The Kier molecular flexibility index (Phi) is 6.35. The number of rotatable bonds is 7. The number of nitrogens with zero attached hydrogens (tertiary/aromatic N) is 4. The number of benzene rings is 2. The molecule has 0 atom stereocenters. The van der Waals surface area contributed by atoms with E-state index >= 15 is 0 Å². The molecular weight excluding hydrogens is 445 g/mol. The molecule has 2 aromatic carbocycles. The number of fused-ring (bicyclic) bond motifs is 1. The maximum Gasteiger partial charge on any atom is 0.333 e. The molecule has 0 fully saturated rings. The van der Waals surface area contributed by atoms with Crippen molar-refractivity contribution >= 4 is 22.8 Å². The van der Waals surface area contributed by atoms with Crippen molar-refractivity contribution in [2.24, 2.45) is 0 Å². The number of carbonyl (C=O) groups excluding carboxylic acids is 1. The average Bonchev–Trinajstić information content (AvgIpc) is 2.85. The maximum absolute atomic E-state index is 13.3. The van der Waals surface area contributed by atoms with E-state index in [0.29, 0.717) is 22.7 Å². The molecule has 4 aromatic rings. The Morgan fingerprint density at radius 2 is 1.74 bits per heavy atom. The second-order valence-electron chi connectivity index (χ2n) is 7.23. The van der Waals surface area contributed by atoms with Gasteiger partial charge >= 0.3 is 5.69 Å². The zero-order valence-corrected chi connectivity index (χ0v) is 18.3. The Bertz CT molecular complexity index is 1480. The van der Waals surface area contributed by atoms with E-state index < -0.39 is 29.5 Å². The molecule has 0 aliphatic carbocycles. The molecule has 0 saturated heterocycles. The summed E-state index contributed by atoms with van der Waals surface area (Å²) in [5, 5.41) is 2.69. The second kappa shape index (κ2) is 9.53. The van der Waals surface area contributed by atoms with Crippen molar-refractivity contribution in [1.82, 2.24) is 19.1 Å². The first-order valence-corrected chi connectivity index (χ1v) is 10.1. The van der Waals surface area contributed by atoms with Gasteiger partial charge in [0.15, 0.2) is 11.2 Å². The summed E-state index contributed by atoms with van der Waals surface area (Å²) < 4.78 is 25.7. The van der Waals surface area contributed by atoms with E-state index in [-0.39, 0.29) is 17.7 Å². The van der Waals surface area contributed by atoms with Gasteiger partial charge in [-0.05, 0) is 29.8 Å². The summed E-state index contributed by atoms with van der Waals surface area (Å²) in [6.07, 6.45) is 2.65. The lowest BCUT2D eigenvalue weighted by atomic mass is 10.2. The predicted molar refractivity (Wildman–Crippen MR) is 122 cm³/mol. The van der Waals surface area contributed by atoms with E-state index in [2.05, 4.69) is 15.3 Å². The second-order valence-corrected chi connectivity index (χ2v) is 7.23. The third kappa shape index (κ3) is 4.49. The first-order chi connectivity index (χ1) is 16.4. The third-order valence-corrected chi connectivity index (χ3v) is 5.08. The van der Waals surface area contributed by atoms with E-state index in [9.17, 15) is 18.8 Å². The summed E-state index contributed by atoms with van der Waals surface area (Å²) in [6, 6.07) is 10.3. The minimum Gasteiger partial charge on any atom is -0.497 e. The topological polar surface area (TPSA) is 117 Å². The molecule has 0 aliphatic heterocycles. The Labute approximate surface area is 192 Å². The van der Waals surface area contributed by atoms with Crippen molar-refractivity contribution in [3.05, 3.63) is 87.1 Å². The van der Waals surface area contributed by atoms with Crippen LogP contribution >= 0.6 is 0 Å². The first kappa shape index (κ1) is 22.6. The van der Waals surface area contributed by atoms with Crippen LogP contribution in [0.4, 0.5) is 10.1 Å². The Morgan fingerprint density at radius 1 is 1.00 bits per heavy atom. The summed E-state index contributed by atoms with van der Waals surface area (Å²) in [5.41, 5.74) is -0.647. The Hall–Kier alpha value is -4.54. The zero-order valence-electron chi connectivity index (χ0n) is 18.3. The third-order valence-electron chi connectivity index (χ3n) is 5.08. The van der Waals surface area contributed by atoms with Crippen LogP contribution in [-0.4, -0.2) is 39.2 Å². The molecule has 0 spiro atoms.